The molecule has 1 aromatic carbocycles. The maximum Gasteiger partial charge on any atom is 0.291 e. The van der Waals surface area contributed by atoms with Crippen LogP contribution in [0.1, 0.15) is 40.5 Å². The lowest BCUT2D eigenvalue weighted by Gasteiger charge is -2.30. The van der Waals surface area contributed by atoms with Crippen LogP contribution in [0.4, 0.5) is 0 Å². The van der Waals surface area contributed by atoms with E-state index >= 15 is 0 Å². The van der Waals surface area contributed by atoms with Gasteiger partial charge in [0, 0.05) is 17.8 Å². The van der Waals surface area contributed by atoms with Crippen LogP contribution in [0, 0.1) is 0 Å². The second kappa shape index (κ2) is 6.89. The zero-order chi connectivity index (χ0) is 20.0. The molecule has 0 bridgehead atoms. The van der Waals surface area contributed by atoms with Gasteiger partial charge in [-0.1, -0.05) is 30.3 Å². The number of hydrogen-bond acceptors (Lipinski definition) is 6. The van der Waals surface area contributed by atoms with Crippen molar-refractivity contribution in [3.63, 3.8) is 0 Å². The Morgan fingerprint density at radius 3 is 2.97 bits per heavy atom. The summed E-state index contributed by atoms with van der Waals surface area (Å²) in [6.45, 7) is 5.28. The van der Waals surface area contributed by atoms with Gasteiger partial charge in [-0.25, -0.2) is 14.5 Å². The summed E-state index contributed by atoms with van der Waals surface area (Å²) in [5, 5.41) is 8.25. The Kier molecular flexibility index (Phi) is 4.33. The van der Waals surface area contributed by atoms with Crippen LogP contribution in [-0.4, -0.2) is 37.6 Å². The molecule has 4 aromatic rings. The molecule has 0 atom stereocenters. The molecule has 0 aliphatic carbocycles. The number of aromatic nitrogens is 4. The van der Waals surface area contributed by atoms with Crippen LogP contribution in [-0.2, 0) is 24.2 Å². The largest absolute Gasteiger partial charge is 0.370 e. The van der Waals surface area contributed by atoms with E-state index in [9.17, 15) is 4.79 Å². The van der Waals surface area contributed by atoms with Crippen molar-refractivity contribution >= 4 is 33.1 Å². The number of nitrogens with one attached hydrogen (secondary N) is 1. The maximum atomic E-state index is 12.6. The number of benzene rings is 1. The smallest absolute Gasteiger partial charge is 0.291 e. The lowest BCUT2D eigenvalue weighted by molar-refractivity contribution is -0.0379. The van der Waals surface area contributed by atoms with Gasteiger partial charge in [-0.2, -0.15) is 0 Å². The zero-order valence-corrected chi connectivity index (χ0v) is 17.1. The van der Waals surface area contributed by atoms with E-state index in [1.807, 2.05) is 30.3 Å². The first-order valence-electron chi connectivity index (χ1n) is 9.62. The van der Waals surface area contributed by atoms with E-state index in [1.54, 1.807) is 22.2 Å². The summed E-state index contributed by atoms with van der Waals surface area (Å²) in [6.07, 6.45) is 3.17. The van der Waals surface area contributed by atoms with E-state index in [-0.39, 0.29) is 17.3 Å². The van der Waals surface area contributed by atoms with Crippen LogP contribution in [0.25, 0.3) is 15.9 Å². The number of rotatable bonds is 4. The van der Waals surface area contributed by atoms with E-state index in [4.69, 9.17) is 4.74 Å². The molecular formula is C21H21N5O2S. The Morgan fingerprint density at radius 1 is 1.31 bits per heavy atom. The molecular weight excluding hydrogens is 386 g/mol. The summed E-state index contributed by atoms with van der Waals surface area (Å²) in [6, 6.07) is 10.1. The number of hydrogen-bond donors (Lipinski definition) is 1. The average molecular weight is 407 g/mol. The number of nitrogens with zero attached hydrogens (tertiary/aromatic N) is 4. The fraction of sp³-hybridized carbons (Fsp3) is 0.333. The van der Waals surface area contributed by atoms with Crippen molar-refractivity contribution in [3.8, 4) is 0 Å². The van der Waals surface area contributed by atoms with Crippen molar-refractivity contribution in [1.82, 2.24) is 24.9 Å². The molecule has 0 saturated carbocycles. The fourth-order valence-corrected chi connectivity index (χ4v) is 4.75. The van der Waals surface area contributed by atoms with Gasteiger partial charge in [0.1, 0.15) is 11.2 Å². The predicted molar refractivity (Wildman–Crippen MR) is 111 cm³/mol. The summed E-state index contributed by atoms with van der Waals surface area (Å²) in [5.74, 6) is -0.107. The standard InChI is InChI=1S/C21H21N5O2S/c1-21(2)10-14-15(11-28-21)29-20-16(14)18-24-17(25-26(18)12-23-20)19(27)22-9-8-13-6-4-3-5-7-13/h3-7,12H,8-11H2,1-2H3,(H,22,27). The molecule has 5 rings (SSSR count). The highest BCUT2D eigenvalue weighted by Crippen LogP contribution is 2.39. The minimum absolute atomic E-state index is 0.165. The lowest BCUT2D eigenvalue weighted by atomic mass is 9.94. The third-order valence-electron chi connectivity index (χ3n) is 5.15. The second-order valence-electron chi connectivity index (χ2n) is 7.85. The first kappa shape index (κ1) is 18.2. The topological polar surface area (TPSA) is 81.4 Å². The molecule has 7 nitrogen and oxygen atoms in total. The molecule has 0 fully saturated rings. The quantitative estimate of drug-likeness (QED) is 0.562. The molecule has 0 unspecified atom stereocenters. The third-order valence-corrected chi connectivity index (χ3v) is 6.27. The van der Waals surface area contributed by atoms with Crippen LogP contribution in [0.2, 0.25) is 0 Å². The molecule has 0 radical (unpaired) electrons. The number of carbonyl (C=O) groups is 1. The maximum absolute atomic E-state index is 12.6. The van der Waals surface area contributed by atoms with Gasteiger partial charge >= 0.3 is 0 Å². The highest BCUT2D eigenvalue weighted by molar-refractivity contribution is 7.19. The molecule has 1 N–H and O–H groups in total. The van der Waals surface area contributed by atoms with Crippen molar-refractivity contribution in [2.45, 2.75) is 38.9 Å². The van der Waals surface area contributed by atoms with Crippen molar-refractivity contribution in [2.75, 3.05) is 6.54 Å². The SMILES string of the molecule is CC1(C)Cc2c(sc3ncn4nc(C(=O)NCCc5ccccc5)nc4c23)CO1. The molecule has 3 aromatic heterocycles. The van der Waals surface area contributed by atoms with E-state index in [2.05, 4.69) is 34.2 Å². The molecule has 0 spiro atoms. The first-order valence-corrected chi connectivity index (χ1v) is 10.4. The van der Waals surface area contributed by atoms with E-state index in [1.165, 1.54) is 16.0 Å². The molecule has 1 amide bonds. The highest BCUT2D eigenvalue weighted by Gasteiger charge is 2.31. The summed E-state index contributed by atoms with van der Waals surface area (Å²) < 4.78 is 7.53. The van der Waals surface area contributed by atoms with Crippen LogP contribution >= 0.6 is 11.3 Å². The van der Waals surface area contributed by atoms with Crippen LogP contribution in [0.3, 0.4) is 0 Å². The summed E-state index contributed by atoms with van der Waals surface area (Å²) in [7, 11) is 0. The van der Waals surface area contributed by atoms with Crippen LogP contribution < -0.4 is 5.32 Å². The highest BCUT2D eigenvalue weighted by atomic mass is 32.1. The van der Waals surface area contributed by atoms with E-state index in [0.29, 0.717) is 18.8 Å². The molecule has 8 heteroatoms. The summed E-state index contributed by atoms with van der Waals surface area (Å²) in [4.78, 5) is 23.8. The molecule has 29 heavy (non-hydrogen) atoms. The van der Waals surface area contributed by atoms with Crippen molar-refractivity contribution in [3.05, 3.63) is 58.5 Å². The third kappa shape index (κ3) is 3.38. The van der Waals surface area contributed by atoms with Crippen molar-refractivity contribution in [1.29, 1.82) is 0 Å². The second-order valence-corrected chi connectivity index (χ2v) is 8.93. The Morgan fingerprint density at radius 2 is 2.14 bits per heavy atom. The van der Waals surface area contributed by atoms with Gasteiger partial charge in [-0.3, -0.25) is 4.79 Å². The van der Waals surface area contributed by atoms with Crippen molar-refractivity contribution < 1.29 is 9.53 Å². The minimum atomic E-state index is -0.273. The number of carbonyl (C=O) groups excluding carboxylic acids is 1. The molecule has 4 heterocycles. The van der Waals surface area contributed by atoms with E-state index < -0.39 is 0 Å². The van der Waals surface area contributed by atoms with E-state index in [0.717, 1.165) is 23.1 Å². The van der Waals surface area contributed by atoms with Gasteiger partial charge in [-0.15, -0.1) is 16.4 Å². The lowest BCUT2D eigenvalue weighted by Crippen LogP contribution is -2.31. The Hall–Kier alpha value is -2.84. The van der Waals surface area contributed by atoms with Crippen molar-refractivity contribution in [2.24, 2.45) is 0 Å². The number of amides is 1. The van der Waals surface area contributed by atoms with Crippen LogP contribution in [0.5, 0.6) is 0 Å². The van der Waals surface area contributed by atoms with Gasteiger partial charge in [0.05, 0.1) is 17.6 Å². The molecule has 0 saturated heterocycles. The fourth-order valence-electron chi connectivity index (χ4n) is 3.68. The number of ether oxygens (including phenoxy) is 1. The van der Waals surface area contributed by atoms with Crippen LogP contribution in [0.15, 0.2) is 36.7 Å². The molecule has 1 aliphatic rings. The predicted octanol–water partition coefficient (Wildman–Crippen LogP) is 3.16. The monoisotopic (exact) mass is 407 g/mol. The normalized spacial score (nSPS) is 15.5. The summed E-state index contributed by atoms with van der Waals surface area (Å²) >= 11 is 1.63. The summed E-state index contributed by atoms with van der Waals surface area (Å²) in [5.41, 5.74) is 2.84. The average Bonchev–Trinajstić information content (AvgIpc) is 3.28. The van der Waals surface area contributed by atoms with Gasteiger partial charge in [-0.05, 0) is 31.4 Å². The van der Waals surface area contributed by atoms with Gasteiger partial charge in [0.15, 0.2) is 5.65 Å². The zero-order valence-electron chi connectivity index (χ0n) is 16.3. The Labute approximate surface area is 171 Å². The van der Waals surface area contributed by atoms with Gasteiger partial charge < -0.3 is 10.1 Å². The molecule has 148 valence electrons. The van der Waals surface area contributed by atoms with Gasteiger partial charge in [0.2, 0.25) is 5.82 Å². The minimum Gasteiger partial charge on any atom is -0.370 e. The number of thiophene rings is 1. The Bertz CT molecular complexity index is 1210. The number of fused-ring (bicyclic) bond motifs is 5. The van der Waals surface area contributed by atoms with Gasteiger partial charge in [0.25, 0.3) is 5.91 Å². The molecule has 1 aliphatic heterocycles. The first-order chi connectivity index (χ1) is 14.0. The Balaban J connectivity index is 1.43.